The molecule has 114 valence electrons. The van der Waals surface area contributed by atoms with Crippen molar-refractivity contribution >= 4 is 17.7 Å². The molecule has 0 aliphatic rings. The number of nitrogens with zero attached hydrogens (tertiary/aromatic N) is 1. The fraction of sp³-hybridized carbons (Fsp3) is 0.400. The van der Waals surface area contributed by atoms with Crippen LogP contribution in [0, 0.1) is 16.0 Å². The summed E-state index contributed by atoms with van der Waals surface area (Å²) in [7, 11) is 0. The van der Waals surface area contributed by atoms with Crippen LogP contribution in [0.25, 0.3) is 6.08 Å². The molecule has 1 atom stereocenters. The van der Waals surface area contributed by atoms with Crippen molar-refractivity contribution < 1.29 is 14.8 Å². The molecule has 0 spiro atoms. The highest BCUT2D eigenvalue weighted by molar-refractivity contribution is 5.92. The SMILES string of the molecule is CC(C)CC(CO)NC(=O)C=Cc1ccccc1[N+](=O)[O-]. The van der Waals surface area contributed by atoms with Crippen molar-refractivity contribution in [3.8, 4) is 0 Å². The molecule has 1 aromatic rings. The second-order valence-corrected chi connectivity index (χ2v) is 5.17. The minimum Gasteiger partial charge on any atom is -0.394 e. The van der Waals surface area contributed by atoms with Crippen LogP contribution in [0.5, 0.6) is 0 Å². The third kappa shape index (κ3) is 5.74. The average molecular weight is 292 g/mol. The van der Waals surface area contributed by atoms with Crippen LogP contribution >= 0.6 is 0 Å². The number of aliphatic hydroxyl groups is 1. The van der Waals surface area contributed by atoms with Gasteiger partial charge in [0.15, 0.2) is 0 Å². The van der Waals surface area contributed by atoms with Gasteiger partial charge in [-0.05, 0) is 24.5 Å². The Balaban J connectivity index is 2.72. The Kier molecular flexibility index (Phi) is 6.55. The maximum absolute atomic E-state index is 11.8. The van der Waals surface area contributed by atoms with E-state index in [0.29, 0.717) is 17.9 Å². The third-order valence-electron chi connectivity index (χ3n) is 2.87. The van der Waals surface area contributed by atoms with E-state index in [1.807, 2.05) is 13.8 Å². The van der Waals surface area contributed by atoms with Crippen molar-refractivity contribution in [2.45, 2.75) is 26.3 Å². The van der Waals surface area contributed by atoms with Gasteiger partial charge >= 0.3 is 0 Å². The lowest BCUT2D eigenvalue weighted by atomic mass is 10.0. The van der Waals surface area contributed by atoms with Gasteiger partial charge in [-0.1, -0.05) is 26.0 Å². The lowest BCUT2D eigenvalue weighted by Crippen LogP contribution is -2.37. The lowest BCUT2D eigenvalue weighted by Gasteiger charge is -2.17. The highest BCUT2D eigenvalue weighted by Gasteiger charge is 2.12. The molecule has 1 unspecified atom stereocenters. The topological polar surface area (TPSA) is 92.5 Å². The number of nitro benzene ring substituents is 1. The minimum atomic E-state index is -0.493. The summed E-state index contributed by atoms with van der Waals surface area (Å²) in [6.07, 6.45) is 3.31. The van der Waals surface area contributed by atoms with Crippen molar-refractivity contribution in [2.75, 3.05) is 6.61 Å². The van der Waals surface area contributed by atoms with Crippen molar-refractivity contribution in [3.63, 3.8) is 0 Å². The molecule has 0 saturated heterocycles. The van der Waals surface area contributed by atoms with Gasteiger partial charge in [0.25, 0.3) is 5.69 Å². The van der Waals surface area contributed by atoms with Crippen molar-refractivity contribution in [2.24, 2.45) is 5.92 Å². The second kappa shape index (κ2) is 8.16. The van der Waals surface area contributed by atoms with Crippen LogP contribution < -0.4 is 5.32 Å². The molecule has 1 rings (SSSR count). The number of carbonyl (C=O) groups excluding carboxylic acids is 1. The Bertz CT molecular complexity index is 526. The number of nitrogens with one attached hydrogen (secondary N) is 1. The van der Waals surface area contributed by atoms with Gasteiger partial charge in [0.05, 0.1) is 23.1 Å². The Morgan fingerprint density at radius 2 is 2.10 bits per heavy atom. The summed E-state index contributed by atoms with van der Waals surface area (Å²) in [5.74, 6) is -0.0329. The van der Waals surface area contributed by atoms with Crippen molar-refractivity contribution in [1.82, 2.24) is 5.32 Å². The zero-order valence-corrected chi connectivity index (χ0v) is 12.2. The van der Waals surface area contributed by atoms with Gasteiger partial charge in [-0.3, -0.25) is 14.9 Å². The number of amides is 1. The van der Waals surface area contributed by atoms with Gasteiger partial charge in [-0.25, -0.2) is 0 Å². The fourth-order valence-electron chi connectivity index (χ4n) is 1.96. The van der Waals surface area contributed by atoms with Crippen LogP contribution in [0.4, 0.5) is 5.69 Å². The molecule has 0 aliphatic heterocycles. The molecule has 0 radical (unpaired) electrons. The van der Waals surface area contributed by atoms with E-state index in [1.54, 1.807) is 18.2 Å². The summed E-state index contributed by atoms with van der Waals surface area (Å²) in [6, 6.07) is 5.87. The molecule has 6 heteroatoms. The number of hydrogen-bond donors (Lipinski definition) is 2. The quantitative estimate of drug-likeness (QED) is 0.457. The molecule has 2 N–H and O–H groups in total. The van der Waals surface area contributed by atoms with Crippen LogP contribution in [0.2, 0.25) is 0 Å². The summed E-state index contributed by atoms with van der Waals surface area (Å²) >= 11 is 0. The zero-order chi connectivity index (χ0) is 15.8. The summed E-state index contributed by atoms with van der Waals surface area (Å²) in [6.45, 7) is 3.86. The standard InChI is InChI=1S/C15H20N2O4/c1-11(2)9-13(10-18)16-15(19)8-7-12-5-3-4-6-14(12)17(20)21/h3-8,11,13,18H,9-10H2,1-2H3,(H,16,19). The molecule has 0 saturated carbocycles. The predicted molar refractivity (Wildman–Crippen MR) is 80.6 cm³/mol. The summed E-state index contributed by atoms with van der Waals surface area (Å²) < 4.78 is 0. The van der Waals surface area contributed by atoms with Crippen LogP contribution in [0.3, 0.4) is 0 Å². The van der Waals surface area contributed by atoms with E-state index in [2.05, 4.69) is 5.32 Å². The number of para-hydroxylation sites is 1. The average Bonchev–Trinajstić information content (AvgIpc) is 2.44. The Labute approximate surface area is 123 Å². The second-order valence-electron chi connectivity index (χ2n) is 5.17. The Morgan fingerprint density at radius 1 is 1.43 bits per heavy atom. The van der Waals surface area contributed by atoms with Gasteiger partial charge in [0.1, 0.15) is 0 Å². The van der Waals surface area contributed by atoms with E-state index in [-0.39, 0.29) is 24.2 Å². The van der Waals surface area contributed by atoms with Gasteiger partial charge in [-0.2, -0.15) is 0 Å². The van der Waals surface area contributed by atoms with Gasteiger partial charge in [0, 0.05) is 12.1 Å². The summed E-state index contributed by atoms with van der Waals surface area (Å²) in [5, 5.41) is 22.7. The van der Waals surface area contributed by atoms with Crippen LogP contribution in [-0.2, 0) is 4.79 Å². The molecule has 0 bridgehead atoms. The molecular weight excluding hydrogens is 272 g/mol. The van der Waals surface area contributed by atoms with E-state index in [1.165, 1.54) is 18.2 Å². The first-order valence-electron chi connectivity index (χ1n) is 6.77. The van der Waals surface area contributed by atoms with E-state index >= 15 is 0 Å². The molecule has 21 heavy (non-hydrogen) atoms. The van der Waals surface area contributed by atoms with Gasteiger partial charge in [-0.15, -0.1) is 0 Å². The highest BCUT2D eigenvalue weighted by Crippen LogP contribution is 2.18. The molecule has 1 aromatic carbocycles. The van der Waals surface area contributed by atoms with E-state index < -0.39 is 4.92 Å². The fourth-order valence-corrected chi connectivity index (χ4v) is 1.96. The van der Waals surface area contributed by atoms with E-state index in [4.69, 9.17) is 0 Å². The predicted octanol–water partition coefficient (Wildman–Crippen LogP) is 2.13. The molecule has 6 nitrogen and oxygen atoms in total. The maximum atomic E-state index is 11.8. The summed E-state index contributed by atoms with van der Waals surface area (Å²) in [5.41, 5.74) is 0.310. The zero-order valence-electron chi connectivity index (χ0n) is 12.2. The molecule has 0 aliphatic carbocycles. The molecule has 0 fully saturated rings. The first kappa shape index (κ1) is 16.8. The van der Waals surface area contributed by atoms with Crippen LogP contribution in [0.1, 0.15) is 25.8 Å². The number of rotatable bonds is 7. The highest BCUT2D eigenvalue weighted by atomic mass is 16.6. The van der Waals surface area contributed by atoms with Crippen LogP contribution in [0.15, 0.2) is 30.3 Å². The Morgan fingerprint density at radius 3 is 2.67 bits per heavy atom. The number of hydrogen-bond acceptors (Lipinski definition) is 4. The maximum Gasteiger partial charge on any atom is 0.276 e. The third-order valence-corrected chi connectivity index (χ3v) is 2.87. The smallest absolute Gasteiger partial charge is 0.276 e. The first-order chi connectivity index (χ1) is 9.93. The molecule has 1 amide bonds. The van der Waals surface area contributed by atoms with Gasteiger partial charge < -0.3 is 10.4 Å². The van der Waals surface area contributed by atoms with Crippen molar-refractivity contribution in [3.05, 3.63) is 46.0 Å². The van der Waals surface area contributed by atoms with E-state index in [9.17, 15) is 20.0 Å². The first-order valence-corrected chi connectivity index (χ1v) is 6.77. The van der Waals surface area contributed by atoms with Crippen LogP contribution in [-0.4, -0.2) is 28.6 Å². The van der Waals surface area contributed by atoms with E-state index in [0.717, 1.165) is 0 Å². The Hall–Kier alpha value is -2.21. The largest absolute Gasteiger partial charge is 0.394 e. The number of benzene rings is 1. The minimum absolute atomic E-state index is 0.0533. The lowest BCUT2D eigenvalue weighted by molar-refractivity contribution is -0.385. The molecular formula is C15H20N2O4. The molecule has 0 heterocycles. The number of aliphatic hydroxyl groups excluding tert-OH is 1. The summed E-state index contributed by atoms with van der Waals surface area (Å²) in [4.78, 5) is 22.1. The monoisotopic (exact) mass is 292 g/mol. The normalized spacial score (nSPS) is 12.6. The van der Waals surface area contributed by atoms with Gasteiger partial charge in [0.2, 0.25) is 5.91 Å². The number of nitro groups is 1. The number of carbonyl (C=O) groups is 1. The molecule has 0 aromatic heterocycles. The van der Waals surface area contributed by atoms with Crippen molar-refractivity contribution in [1.29, 1.82) is 0 Å².